The van der Waals surface area contributed by atoms with Crippen LogP contribution in [0.3, 0.4) is 0 Å². The number of nitrogens with one attached hydrogen (secondary N) is 2. The van der Waals surface area contributed by atoms with Gasteiger partial charge in [0, 0.05) is 11.3 Å². The Labute approximate surface area is 172 Å². The number of hydrogen-bond acceptors (Lipinski definition) is 4. The zero-order valence-corrected chi connectivity index (χ0v) is 16.1. The first-order chi connectivity index (χ1) is 14.4. The van der Waals surface area contributed by atoms with Gasteiger partial charge in [0.25, 0.3) is 11.8 Å². The third-order valence-corrected chi connectivity index (χ3v) is 4.18. The quantitative estimate of drug-likeness (QED) is 0.573. The van der Waals surface area contributed by atoms with Gasteiger partial charge in [-0.05, 0) is 67.6 Å². The van der Waals surface area contributed by atoms with E-state index in [-0.39, 0.29) is 18.0 Å². The SMILES string of the molecule is CC(=O)c1ccc(OCC(=O)Nc2ccccc2C(=O)Nc2ccc(F)cc2)cc1. The van der Waals surface area contributed by atoms with Gasteiger partial charge in [-0.3, -0.25) is 14.4 Å². The highest BCUT2D eigenvalue weighted by molar-refractivity contribution is 6.10. The normalized spacial score (nSPS) is 10.2. The van der Waals surface area contributed by atoms with E-state index in [1.807, 2.05) is 0 Å². The molecule has 0 atom stereocenters. The van der Waals surface area contributed by atoms with Crippen LogP contribution in [0.4, 0.5) is 15.8 Å². The smallest absolute Gasteiger partial charge is 0.262 e. The molecule has 2 amide bonds. The molecule has 0 fully saturated rings. The van der Waals surface area contributed by atoms with Crippen LogP contribution in [0.25, 0.3) is 0 Å². The van der Waals surface area contributed by atoms with Crippen molar-refractivity contribution < 1.29 is 23.5 Å². The zero-order valence-electron chi connectivity index (χ0n) is 16.1. The number of halogens is 1. The van der Waals surface area contributed by atoms with Crippen LogP contribution < -0.4 is 15.4 Å². The summed E-state index contributed by atoms with van der Waals surface area (Å²) in [6.45, 7) is 1.19. The third-order valence-electron chi connectivity index (χ3n) is 4.18. The van der Waals surface area contributed by atoms with Gasteiger partial charge in [0.1, 0.15) is 11.6 Å². The summed E-state index contributed by atoms with van der Waals surface area (Å²) in [5.74, 6) is -0.921. The summed E-state index contributed by atoms with van der Waals surface area (Å²) in [6, 6.07) is 18.3. The molecule has 0 saturated carbocycles. The minimum Gasteiger partial charge on any atom is -0.484 e. The molecular formula is C23H19FN2O4. The molecule has 3 aromatic carbocycles. The Hall–Kier alpha value is -4.00. The predicted octanol–water partition coefficient (Wildman–Crippen LogP) is 4.30. The number of para-hydroxylation sites is 1. The van der Waals surface area contributed by atoms with E-state index in [0.29, 0.717) is 22.7 Å². The summed E-state index contributed by atoms with van der Waals surface area (Å²) in [5, 5.41) is 5.30. The van der Waals surface area contributed by atoms with E-state index in [9.17, 15) is 18.8 Å². The number of anilines is 2. The molecule has 0 spiro atoms. The molecule has 3 rings (SSSR count). The molecule has 0 saturated heterocycles. The number of ether oxygens (including phenoxy) is 1. The molecule has 0 aliphatic carbocycles. The van der Waals surface area contributed by atoms with Gasteiger partial charge in [0.2, 0.25) is 0 Å². The van der Waals surface area contributed by atoms with E-state index in [1.165, 1.54) is 31.2 Å². The lowest BCUT2D eigenvalue weighted by atomic mass is 10.1. The average Bonchev–Trinajstić information content (AvgIpc) is 2.74. The molecule has 0 aliphatic rings. The van der Waals surface area contributed by atoms with Crippen molar-refractivity contribution in [2.45, 2.75) is 6.92 Å². The lowest BCUT2D eigenvalue weighted by Crippen LogP contribution is -2.22. The number of carbonyl (C=O) groups excluding carboxylic acids is 3. The molecule has 152 valence electrons. The van der Waals surface area contributed by atoms with E-state index in [0.717, 1.165) is 0 Å². The van der Waals surface area contributed by atoms with Crippen LogP contribution in [-0.4, -0.2) is 24.2 Å². The first-order valence-corrected chi connectivity index (χ1v) is 9.12. The highest BCUT2D eigenvalue weighted by Gasteiger charge is 2.14. The number of hydrogen-bond donors (Lipinski definition) is 2. The minimum atomic E-state index is -0.451. The Morgan fingerprint density at radius 3 is 2.20 bits per heavy atom. The predicted molar refractivity (Wildman–Crippen MR) is 111 cm³/mol. The van der Waals surface area contributed by atoms with Crippen LogP contribution >= 0.6 is 0 Å². The fourth-order valence-electron chi connectivity index (χ4n) is 2.64. The Bertz CT molecular complexity index is 1060. The van der Waals surface area contributed by atoms with Gasteiger partial charge in [0.05, 0.1) is 11.3 Å². The molecule has 0 unspecified atom stereocenters. The van der Waals surface area contributed by atoms with Gasteiger partial charge < -0.3 is 15.4 Å². The molecule has 0 radical (unpaired) electrons. The van der Waals surface area contributed by atoms with Gasteiger partial charge in [-0.25, -0.2) is 4.39 Å². The Balaban J connectivity index is 1.62. The Morgan fingerprint density at radius 1 is 0.867 bits per heavy atom. The fraction of sp³-hybridized carbons (Fsp3) is 0.0870. The van der Waals surface area contributed by atoms with Crippen molar-refractivity contribution in [3.05, 3.63) is 89.7 Å². The third kappa shape index (κ3) is 5.51. The largest absolute Gasteiger partial charge is 0.484 e. The van der Waals surface area contributed by atoms with Crippen LogP contribution in [0, 0.1) is 5.82 Å². The Morgan fingerprint density at radius 2 is 1.53 bits per heavy atom. The first kappa shape index (κ1) is 20.7. The molecule has 0 aromatic heterocycles. The molecule has 7 heteroatoms. The summed E-state index contributed by atoms with van der Waals surface area (Å²) in [4.78, 5) is 36.1. The summed E-state index contributed by atoms with van der Waals surface area (Å²) < 4.78 is 18.4. The van der Waals surface area contributed by atoms with Crippen molar-refractivity contribution in [1.82, 2.24) is 0 Å². The standard InChI is InChI=1S/C23H19FN2O4/c1-15(27)16-6-12-19(13-7-16)30-14-22(28)26-21-5-3-2-4-20(21)23(29)25-18-10-8-17(24)9-11-18/h2-13H,14H2,1H3,(H,25,29)(H,26,28). The molecule has 0 heterocycles. The second kappa shape index (κ2) is 9.47. The van der Waals surface area contributed by atoms with E-state index in [2.05, 4.69) is 10.6 Å². The van der Waals surface area contributed by atoms with Gasteiger partial charge in [-0.15, -0.1) is 0 Å². The van der Waals surface area contributed by atoms with E-state index in [4.69, 9.17) is 4.74 Å². The maximum absolute atomic E-state index is 13.0. The van der Waals surface area contributed by atoms with Crippen molar-refractivity contribution in [3.63, 3.8) is 0 Å². The van der Waals surface area contributed by atoms with E-state index < -0.39 is 17.6 Å². The first-order valence-electron chi connectivity index (χ1n) is 9.12. The molecular weight excluding hydrogens is 387 g/mol. The van der Waals surface area contributed by atoms with Gasteiger partial charge in [-0.1, -0.05) is 12.1 Å². The van der Waals surface area contributed by atoms with E-state index >= 15 is 0 Å². The van der Waals surface area contributed by atoms with Crippen LogP contribution in [0.15, 0.2) is 72.8 Å². The highest BCUT2D eigenvalue weighted by atomic mass is 19.1. The fourth-order valence-corrected chi connectivity index (χ4v) is 2.64. The molecule has 3 aromatic rings. The molecule has 30 heavy (non-hydrogen) atoms. The van der Waals surface area contributed by atoms with Crippen molar-refractivity contribution in [1.29, 1.82) is 0 Å². The second-order valence-corrected chi connectivity index (χ2v) is 6.42. The molecule has 2 N–H and O–H groups in total. The lowest BCUT2D eigenvalue weighted by Gasteiger charge is -2.12. The van der Waals surface area contributed by atoms with Crippen molar-refractivity contribution >= 4 is 29.0 Å². The summed E-state index contributed by atoms with van der Waals surface area (Å²) in [5.41, 5.74) is 1.55. The molecule has 6 nitrogen and oxygen atoms in total. The molecule has 0 bridgehead atoms. The van der Waals surface area contributed by atoms with Gasteiger partial charge in [0.15, 0.2) is 12.4 Å². The molecule has 0 aliphatic heterocycles. The number of amides is 2. The Kier molecular flexibility index (Phi) is 6.54. The number of ketones is 1. The van der Waals surface area contributed by atoms with Gasteiger partial charge >= 0.3 is 0 Å². The van der Waals surface area contributed by atoms with Crippen molar-refractivity contribution in [2.75, 3.05) is 17.2 Å². The highest BCUT2D eigenvalue weighted by Crippen LogP contribution is 2.18. The van der Waals surface area contributed by atoms with Crippen LogP contribution in [0.5, 0.6) is 5.75 Å². The second-order valence-electron chi connectivity index (χ2n) is 6.42. The minimum absolute atomic E-state index is 0.0604. The maximum Gasteiger partial charge on any atom is 0.262 e. The number of carbonyl (C=O) groups is 3. The van der Waals surface area contributed by atoms with Crippen LogP contribution in [0.2, 0.25) is 0 Å². The summed E-state index contributed by atoms with van der Waals surface area (Å²) in [6.07, 6.45) is 0. The van der Waals surface area contributed by atoms with Crippen LogP contribution in [-0.2, 0) is 4.79 Å². The van der Waals surface area contributed by atoms with Crippen LogP contribution in [0.1, 0.15) is 27.6 Å². The zero-order chi connectivity index (χ0) is 21.5. The van der Waals surface area contributed by atoms with Gasteiger partial charge in [-0.2, -0.15) is 0 Å². The number of Topliss-reactive ketones (excluding diaryl/α,β-unsaturated/α-hetero) is 1. The maximum atomic E-state index is 13.0. The topological polar surface area (TPSA) is 84.5 Å². The monoisotopic (exact) mass is 406 g/mol. The number of rotatable bonds is 7. The number of benzene rings is 3. The lowest BCUT2D eigenvalue weighted by molar-refractivity contribution is -0.118. The summed E-state index contributed by atoms with van der Waals surface area (Å²) >= 11 is 0. The van der Waals surface area contributed by atoms with Crippen molar-refractivity contribution in [3.8, 4) is 5.75 Å². The summed E-state index contributed by atoms with van der Waals surface area (Å²) in [7, 11) is 0. The average molecular weight is 406 g/mol. The van der Waals surface area contributed by atoms with Crippen molar-refractivity contribution in [2.24, 2.45) is 0 Å². The van der Waals surface area contributed by atoms with E-state index in [1.54, 1.807) is 48.5 Å².